The maximum absolute atomic E-state index is 5.85. The lowest BCUT2D eigenvalue weighted by Crippen LogP contribution is -1.98. The Hall–Kier alpha value is -3.34. The minimum absolute atomic E-state index is 0.492. The van der Waals surface area contributed by atoms with Crippen molar-refractivity contribution in [1.82, 2.24) is 4.98 Å². The Balaban J connectivity index is 1.64. The fourth-order valence-corrected chi connectivity index (χ4v) is 2.22. The minimum Gasteiger partial charge on any atom is -0.493 e. The molecule has 2 aromatic carbocycles. The SMILES string of the molecule is COc1cc(C=NNc2ccccn2)ccc1OCc1ccccc1. The van der Waals surface area contributed by atoms with Crippen LogP contribution < -0.4 is 14.9 Å². The molecule has 1 N–H and O–H groups in total. The van der Waals surface area contributed by atoms with Crippen LogP contribution in [-0.2, 0) is 6.61 Å². The van der Waals surface area contributed by atoms with Crippen LogP contribution >= 0.6 is 0 Å². The molecule has 126 valence electrons. The molecule has 0 unspecified atom stereocenters. The average molecular weight is 333 g/mol. The molecule has 0 fully saturated rings. The number of hydrazone groups is 1. The third-order valence-electron chi connectivity index (χ3n) is 3.48. The molecule has 0 aliphatic carbocycles. The molecule has 1 heterocycles. The van der Waals surface area contributed by atoms with E-state index in [1.165, 1.54) is 0 Å². The van der Waals surface area contributed by atoms with Gasteiger partial charge in [0.2, 0.25) is 0 Å². The molecule has 0 aliphatic heterocycles. The first-order valence-corrected chi connectivity index (χ1v) is 7.90. The molecule has 3 aromatic rings. The summed E-state index contributed by atoms with van der Waals surface area (Å²) in [5.74, 6) is 2.05. The lowest BCUT2D eigenvalue weighted by Gasteiger charge is -2.11. The van der Waals surface area contributed by atoms with Gasteiger partial charge >= 0.3 is 0 Å². The molecule has 5 heteroatoms. The quantitative estimate of drug-likeness (QED) is 0.522. The first-order chi connectivity index (χ1) is 12.3. The molecule has 0 atom stereocenters. The second-order valence-electron chi connectivity index (χ2n) is 5.27. The van der Waals surface area contributed by atoms with Crippen LogP contribution in [0.4, 0.5) is 5.82 Å². The number of pyridine rings is 1. The lowest BCUT2D eigenvalue weighted by atomic mass is 10.2. The number of hydrogen-bond acceptors (Lipinski definition) is 5. The van der Waals surface area contributed by atoms with Crippen LogP contribution in [0, 0.1) is 0 Å². The number of ether oxygens (including phenoxy) is 2. The molecule has 0 aliphatic rings. The molecular weight excluding hydrogens is 314 g/mol. The molecule has 5 nitrogen and oxygen atoms in total. The normalized spacial score (nSPS) is 10.6. The number of rotatable bonds is 7. The van der Waals surface area contributed by atoms with Gasteiger partial charge in [-0.2, -0.15) is 5.10 Å². The molecule has 3 rings (SSSR count). The number of benzene rings is 2. The van der Waals surface area contributed by atoms with Crippen molar-refractivity contribution in [3.8, 4) is 11.5 Å². The van der Waals surface area contributed by atoms with Crippen molar-refractivity contribution in [3.05, 3.63) is 84.1 Å². The maximum Gasteiger partial charge on any atom is 0.161 e. The van der Waals surface area contributed by atoms with Crippen molar-refractivity contribution in [2.75, 3.05) is 12.5 Å². The Labute approximate surface area is 147 Å². The zero-order valence-corrected chi connectivity index (χ0v) is 13.9. The van der Waals surface area contributed by atoms with Gasteiger partial charge in [-0.15, -0.1) is 0 Å². The van der Waals surface area contributed by atoms with E-state index in [0.717, 1.165) is 11.1 Å². The first kappa shape index (κ1) is 16.5. The third kappa shape index (κ3) is 4.81. The Bertz CT molecular complexity index is 821. The van der Waals surface area contributed by atoms with Gasteiger partial charge in [0.1, 0.15) is 12.4 Å². The van der Waals surface area contributed by atoms with E-state index >= 15 is 0 Å². The molecule has 0 saturated heterocycles. The minimum atomic E-state index is 0.492. The Morgan fingerprint density at radius 1 is 1.00 bits per heavy atom. The van der Waals surface area contributed by atoms with Crippen LogP contribution in [0.3, 0.4) is 0 Å². The monoisotopic (exact) mass is 333 g/mol. The summed E-state index contributed by atoms with van der Waals surface area (Å²) in [5.41, 5.74) is 4.88. The summed E-state index contributed by atoms with van der Waals surface area (Å²) < 4.78 is 11.3. The van der Waals surface area contributed by atoms with E-state index in [0.29, 0.717) is 23.9 Å². The summed E-state index contributed by atoms with van der Waals surface area (Å²) in [6, 6.07) is 21.3. The van der Waals surface area contributed by atoms with Crippen molar-refractivity contribution >= 4 is 12.0 Å². The van der Waals surface area contributed by atoms with Gasteiger partial charge in [-0.25, -0.2) is 4.98 Å². The van der Waals surface area contributed by atoms with Gasteiger partial charge in [-0.3, -0.25) is 5.43 Å². The smallest absolute Gasteiger partial charge is 0.161 e. The molecule has 25 heavy (non-hydrogen) atoms. The van der Waals surface area contributed by atoms with Gasteiger partial charge in [-0.05, 0) is 41.5 Å². The van der Waals surface area contributed by atoms with Gasteiger partial charge in [0.25, 0.3) is 0 Å². The van der Waals surface area contributed by atoms with E-state index in [-0.39, 0.29) is 0 Å². The summed E-state index contributed by atoms with van der Waals surface area (Å²) in [5, 5.41) is 4.18. The summed E-state index contributed by atoms with van der Waals surface area (Å²) in [4.78, 5) is 4.14. The number of hydrogen-bond donors (Lipinski definition) is 1. The molecule has 0 amide bonds. The van der Waals surface area contributed by atoms with E-state index in [1.807, 2.05) is 66.7 Å². The van der Waals surface area contributed by atoms with Crippen LogP contribution in [-0.4, -0.2) is 18.3 Å². The van der Waals surface area contributed by atoms with Gasteiger partial charge in [0, 0.05) is 6.20 Å². The van der Waals surface area contributed by atoms with Crippen molar-refractivity contribution in [3.63, 3.8) is 0 Å². The summed E-state index contributed by atoms with van der Waals surface area (Å²) in [6.45, 7) is 0.492. The molecule has 1 aromatic heterocycles. The van der Waals surface area contributed by atoms with Gasteiger partial charge in [0.05, 0.1) is 13.3 Å². The van der Waals surface area contributed by atoms with Crippen molar-refractivity contribution in [2.45, 2.75) is 6.61 Å². The number of anilines is 1. The summed E-state index contributed by atoms with van der Waals surface area (Å²) >= 11 is 0. The van der Waals surface area contributed by atoms with Crippen LogP contribution in [0.5, 0.6) is 11.5 Å². The van der Waals surface area contributed by atoms with Gasteiger partial charge in [0.15, 0.2) is 11.5 Å². The van der Waals surface area contributed by atoms with Crippen LogP contribution in [0.1, 0.15) is 11.1 Å². The Morgan fingerprint density at radius 3 is 2.60 bits per heavy atom. The predicted molar refractivity (Wildman–Crippen MR) is 99.2 cm³/mol. The third-order valence-corrected chi connectivity index (χ3v) is 3.48. The zero-order chi connectivity index (χ0) is 17.3. The fourth-order valence-electron chi connectivity index (χ4n) is 2.22. The van der Waals surface area contributed by atoms with E-state index in [4.69, 9.17) is 9.47 Å². The van der Waals surface area contributed by atoms with E-state index in [2.05, 4.69) is 15.5 Å². The molecule has 0 saturated carbocycles. The molecule has 0 radical (unpaired) electrons. The molecule has 0 spiro atoms. The highest BCUT2D eigenvalue weighted by Gasteiger charge is 2.05. The average Bonchev–Trinajstić information content (AvgIpc) is 2.68. The van der Waals surface area contributed by atoms with E-state index < -0.39 is 0 Å². The lowest BCUT2D eigenvalue weighted by molar-refractivity contribution is 0.284. The van der Waals surface area contributed by atoms with E-state index in [9.17, 15) is 0 Å². The largest absolute Gasteiger partial charge is 0.493 e. The van der Waals surface area contributed by atoms with Crippen molar-refractivity contribution in [2.24, 2.45) is 5.10 Å². The predicted octanol–water partition coefficient (Wildman–Crippen LogP) is 4.12. The second kappa shape index (κ2) is 8.49. The van der Waals surface area contributed by atoms with E-state index in [1.54, 1.807) is 19.5 Å². The second-order valence-corrected chi connectivity index (χ2v) is 5.27. The highest BCUT2D eigenvalue weighted by Crippen LogP contribution is 2.28. The van der Waals surface area contributed by atoms with Crippen LogP contribution in [0.25, 0.3) is 0 Å². The maximum atomic E-state index is 5.85. The number of aromatic nitrogens is 1. The fraction of sp³-hybridized carbons (Fsp3) is 0.100. The first-order valence-electron chi connectivity index (χ1n) is 7.90. The van der Waals surface area contributed by atoms with Crippen LogP contribution in [0.15, 0.2) is 78.0 Å². The van der Waals surface area contributed by atoms with Gasteiger partial charge in [-0.1, -0.05) is 36.4 Å². The van der Waals surface area contributed by atoms with Crippen molar-refractivity contribution in [1.29, 1.82) is 0 Å². The summed E-state index contributed by atoms with van der Waals surface area (Å²) in [7, 11) is 1.62. The van der Waals surface area contributed by atoms with Gasteiger partial charge < -0.3 is 9.47 Å². The standard InChI is InChI=1S/C20H19N3O2/c1-24-19-13-17(14-22-23-20-9-5-6-12-21-20)10-11-18(19)25-15-16-7-3-2-4-8-16/h2-14H,15H2,1H3,(H,21,23). The molecule has 0 bridgehead atoms. The Kier molecular flexibility index (Phi) is 5.61. The van der Waals surface area contributed by atoms with Crippen LogP contribution in [0.2, 0.25) is 0 Å². The highest BCUT2D eigenvalue weighted by molar-refractivity contribution is 5.81. The number of nitrogens with zero attached hydrogens (tertiary/aromatic N) is 2. The number of nitrogens with one attached hydrogen (secondary N) is 1. The highest BCUT2D eigenvalue weighted by atomic mass is 16.5. The summed E-state index contributed by atoms with van der Waals surface area (Å²) in [6.07, 6.45) is 3.41. The number of methoxy groups -OCH3 is 1. The topological polar surface area (TPSA) is 55.7 Å². The van der Waals surface area contributed by atoms with Crippen molar-refractivity contribution < 1.29 is 9.47 Å². The zero-order valence-electron chi connectivity index (χ0n) is 13.9. The Morgan fingerprint density at radius 2 is 1.84 bits per heavy atom. The molecular formula is C20H19N3O2.